The van der Waals surface area contributed by atoms with E-state index in [1.54, 1.807) is 0 Å². The van der Waals surface area contributed by atoms with E-state index in [0.29, 0.717) is 18.3 Å². The van der Waals surface area contributed by atoms with Gasteiger partial charge in [-0.3, -0.25) is 0 Å². The highest BCUT2D eigenvalue weighted by Gasteiger charge is 2.85. The summed E-state index contributed by atoms with van der Waals surface area (Å²) >= 11 is 0. The Balaban J connectivity index is 1.02. The second-order valence-corrected chi connectivity index (χ2v) is 17.9. The molecule has 0 bridgehead atoms. The summed E-state index contributed by atoms with van der Waals surface area (Å²) < 4.78 is 31.1. The summed E-state index contributed by atoms with van der Waals surface area (Å²) in [5.41, 5.74) is 0.200. The van der Waals surface area contributed by atoms with Gasteiger partial charge in [-0.2, -0.15) is 0 Å². The van der Waals surface area contributed by atoms with E-state index in [1.165, 1.54) is 5.57 Å². The standard InChI is InChI=1S/C35H52O10/c1-16-12-35(27-32(6,44-27)28(40)45-35)43-18-13-31(5)20-8-7-19-29(2,3)22(42-26-25(39)24(38)17(36)14-41-26)11-21(37)34(19)15-33(20,34)10-9-30(31,4)23(16)18/h8,16-19,21-28,36-40H,7,9-15H2,1-6H3/t16-,17-,18+,19?,21+,22+,23+,24+,25-,26+,27-,28+,30-,31+,32+,33+,34-,35-/m1/s1. The molecule has 4 saturated carbocycles. The van der Waals surface area contributed by atoms with Crippen LogP contribution in [0, 0.1) is 44.8 Å². The fourth-order valence-corrected chi connectivity index (χ4v) is 13.4. The van der Waals surface area contributed by atoms with E-state index in [9.17, 15) is 25.5 Å². The van der Waals surface area contributed by atoms with Gasteiger partial charge in [0.2, 0.25) is 5.79 Å². The van der Waals surface area contributed by atoms with Crippen LogP contribution >= 0.6 is 0 Å². The topological polar surface area (TPSA) is 151 Å². The zero-order chi connectivity index (χ0) is 31.9. The van der Waals surface area contributed by atoms with Crippen LogP contribution in [0.1, 0.15) is 86.5 Å². The van der Waals surface area contributed by atoms with Crippen LogP contribution in [0.25, 0.3) is 0 Å². The summed E-state index contributed by atoms with van der Waals surface area (Å²) in [7, 11) is 0. The maximum absolute atomic E-state index is 12.1. The predicted molar refractivity (Wildman–Crippen MR) is 158 cm³/mol. The van der Waals surface area contributed by atoms with Crippen LogP contribution in [0.15, 0.2) is 11.6 Å². The lowest BCUT2D eigenvalue weighted by Gasteiger charge is -2.61. The van der Waals surface area contributed by atoms with Crippen molar-refractivity contribution in [2.24, 2.45) is 44.8 Å². The van der Waals surface area contributed by atoms with Crippen molar-refractivity contribution in [3.8, 4) is 0 Å². The van der Waals surface area contributed by atoms with Gasteiger partial charge in [0.1, 0.15) is 30.0 Å². The van der Waals surface area contributed by atoms with Crippen LogP contribution in [-0.4, -0.2) is 98.8 Å². The van der Waals surface area contributed by atoms with Gasteiger partial charge in [-0.05, 0) is 73.0 Å². The number of fused-ring (bicyclic) bond motifs is 6. The van der Waals surface area contributed by atoms with Gasteiger partial charge in [0, 0.05) is 23.7 Å². The largest absolute Gasteiger partial charge is 0.392 e. The van der Waals surface area contributed by atoms with Crippen LogP contribution in [-0.2, 0) is 23.7 Å². The first kappa shape index (κ1) is 30.4. The highest BCUT2D eigenvalue weighted by atomic mass is 16.8. The van der Waals surface area contributed by atoms with Crippen LogP contribution in [0.4, 0.5) is 0 Å². The Labute approximate surface area is 265 Å². The lowest BCUT2D eigenvalue weighted by atomic mass is 9.44. The Bertz CT molecular complexity index is 1340. The average molecular weight is 633 g/mol. The second kappa shape index (κ2) is 8.73. The van der Waals surface area contributed by atoms with E-state index < -0.39 is 48.4 Å². The van der Waals surface area contributed by atoms with Gasteiger partial charge in [0.25, 0.3) is 0 Å². The number of ether oxygens (including phenoxy) is 5. The third-order valence-electron chi connectivity index (χ3n) is 15.8. The summed E-state index contributed by atoms with van der Waals surface area (Å²) in [6, 6.07) is 0. The Kier molecular flexibility index (Phi) is 5.90. The highest BCUT2D eigenvalue weighted by Crippen LogP contribution is 2.88. The van der Waals surface area contributed by atoms with E-state index in [-0.39, 0.29) is 57.9 Å². The lowest BCUT2D eigenvalue weighted by molar-refractivity contribution is -0.344. The van der Waals surface area contributed by atoms with Gasteiger partial charge < -0.3 is 49.2 Å². The highest BCUT2D eigenvalue weighted by molar-refractivity contribution is 5.47. The first-order valence-corrected chi connectivity index (χ1v) is 17.4. The molecule has 0 aromatic heterocycles. The normalized spacial score (nSPS) is 65.1. The molecule has 10 nitrogen and oxygen atoms in total. The van der Waals surface area contributed by atoms with Crippen molar-refractivity contribution in [2.75, 3.05) is 6.61 Å². The first-order valence-electron chi connectivity index (χ1n) is 17.4. The van der Waals surface area contributed by atoms with Crippen molar-refractivity contribution in [2.45, 2.75) is 153 Å². The summed E-state index contributed by atoms with van der Waals surface area (Å²) in [5, 5.41) is 53.6. The van der Waals surface area contributed by atoms with E-state index in [4.69, 9.17) is 23.7 Å². The summed E-state index contributed by atoms with van der Waals surface area (Å²) in [5.74, 6) is 0.0166. The van der Waals surface area contributed by atoms with Crippen molar-refractivity contribution in [1.82, 2.24) is 0 Å². The number of epoxide rings is 1. The third kappa shape index (κ3) is 3.32. The zero-order valence-corrected chi connectivity index (χ0v) is 27.4. The number of hydrogen-bond donors (Lipinski definition) is 5. The van der Waals surface area contributed by atoms with Crippen molar-refractivity contribution < 1.29 is 49.2 Å². The fraction of sp³-hybridized carbons (Fsp3) is 0.943. The second-order valence-electron chi connectivity index (χ2n) is 17.9. The molecule has 3 spiro atoms. The fourth-order valence-electron chi connectivity index (χ4n) is 13.4. The monoisotopic (exact) mass is 632 g/mol. The summed E-state index contributed by atoms with van der Waals surface area (Å²) in [6.07, 6.45) is 1.49. The number of hydrogen-bond acceptors (Lipinski definition) is 10. The van der Waals surface area contributed by atoms with Crippen LogP contribution in [0.3, 0.4) is 0 Å². The molecule has 5 aliphatic carbocycles. The minimum Gasteiger partial charge on any atom is -0.392 e. The van der Waals surface area contributed by atoms with Crippen molar-refractivity contribution in [1.29, 1.82) is 0 Å². The van der Waals surface area contributed by atoms with E-state index in [2.05, 4.69) is 40.7 Å². The zero-order valence-electron chi connectivity index (χ0n) is 27.4. The van der Waals surface area contributed by atoms with Crippen molar-refractivity contribution >= 4 is 0 Å². The van der Waals surface area contributed by atoms with Gasteiger partial charge in [-0.15, -0.1) is 0 Å². The molecule has 45 heavy (non-hydrogen) atoms. The van der Waals surface area contributed by atoms with E-state index in [1.807, 2.05) is 6.92 Å². The molecular formula is C35H52O10. The molecule has 252 valence electrons. The molecule has 4 saturated heterocycles. The molecule has 9 aliphatic rings. The van der Waals surface area contributed by atoms with Crippen molar-refractivity contribution in [3.63, 3.8) is 0 Å². The average Bonchev–Trinajstić information content (AvgIpc) is 3.82. The Morgan fingerprint density at radius 2 is 1.67 bits per heavy atom. The lowest BCUT2D eigenvalue weighted by Crippen LogP contribution is -2.61. The van der Waals surface area contributed by atoms with E-state index >= 15 is 0 Å². The van der Waals surface area contributed by atoms with E-state index in [0.717, 1.165) is 38.5 Å². The van der Waals surface area contributed by atoms with Gasteiger partial charge in [-0.25, -0.2) is 0 Å². The number of rotatable bonds is 2. The minimum atomic E-state index is -1.36. The minimum absolute atomic E-state index is 0.00673. The van der Waals surface area contributed by atoms with Gasteiger partial charge in [0.15, 0.2) is 12.6 Å². The Morgan fingerprint density at radius 3 is 2.36 bits per heavy atom. The molecule has 18 atom stereocenters. The maximum Gasteiger partial charge on any atom is 0.201 e. The first-order chi connectivity index (χ1) is 21.0. The molecule has 1 unspecified atom stereocenters. The molecule has 0 aromatic rings. The number of allylic oxidation sites excluding steroid dienone is 2. The Hall–Kier alpha value is -0.660. The molecule has 8 fully saturated rings. The molecule has 0 aromatic carbocycles. The molecule has 5 N–H and O–H groups in total. The van der Waals surface area contributed by atoms with Crippen LogP contribution in [0.2, 0.25) is 0 Å². The molecule has 0 radical (unpaired) electrons. The van der Waals surface area contributed by atoms with Crippen LogP contribution in [0.5, 0.6) is 0 Å². The van der Waals surface area contributed by atoms with Gasteiger partial charge in [-0.1, -0.05) is 46.3 Å². The smallest absolute Gasteiger partial charge is 0.201 e. The van der Waals surface area contributed by atoms with Gasteiger partial charge >= 0.3 is 0 Å². The Morgan fingerprint density at radius 1 is 0.911 bits per heavy atom. The number of aliphatic hydroxyl groups excluding tert-OH is 5. The SMILES string of the molecule is C[C@@H]1C[C@@]2(O[C@H]3C[C@@]4(C)C5=CCC6C(C)(C)[C@@H](O[C@@H]7OC[C@@H](O)[C@H](O)[C@H]7O)C[C@H](O)[C@@]67C[C@@]57CC[C@]4(C)[C@@H]13)O[C@H](O)[C@@]1(C)O[C@@H]21. The molecule has 4 heterocycles. The third-order valence-corrected chi connectivity index (χ3v) is 15.8. The number of aliphatic hydroxyl groups is 5. The quantitative estimate of drug-likeness (QED) is 0.227. The molecule has 0 amide bonds. The summed E-state index contributed by atoms with van der Waals surface area (Å²) in [4.78, 5) is 0. The maximum atomic E-state index is 12.1. The molecule has 9 rings (SSSR count). The van der Waals surface area contributed by atoms with Crippen molar-refractivity contribution in [3.05, 3.63) is 11.6 Å². The summed E-state index contributed by atoms with van der Waals surface area (Å²) in [6.45, 7) is 13.5. The predicted octanol–water partition coefficient (Wildman–Crippen LogP) is 2.38. The van der Waals surface area contributed by atoms with Crippen LogP contribution < -0.4 is 0 Å². The molecule has 4 aliphatic heterocycles. The molecular weight excluding hydrogens is 580 g/mol. The molecule has 10 heteroatoms. The van der Waals surface area contributed by atoms with Gasteiger partial charge in [0.05, 0.1) is 24.9 Å².